The fourth-order valence-corrected chi connectivity index (χ4v) is 0.953. The Morgan fingerprint density at radius 2 is 2.14 bits per heavy atom. The lowest BCUT2D eigenvalue weighted by molar-refractivity contribution is -0.143. The summed E-state index contributed by atoms with van der Waals surface area (Å²) in [6.45, 7) is 2.55. The number of hydrogen-bond acceptors (Lipinski definition) is 3. The van der Waals surface area contributed by atoms with Gasteiger partial charge in [0.15, 0.2) is 0 Å². The second kappa shape index (κ2) is 6.02. The molecule has 0 saturated carbocycles. The lowest BCUT2D eigenvalue weighted by Gasteiger charge is -2.04. The van der Waals surface area contributed by atoms with Gasteiger partial charge >= 0.3 is 5.97 Å². The molecule has 75 valence electrons. The smallest absolute Gasteiger partial charge is 0.309 e. The highest BCUT2D eigenvalue weighted by Crippen LogP contribution is 2.07. The molecule has 1 aromatic rings. The van der Waals surface area contributed by atoms with E-state index in [1.165, 1.54) is 0 Å². The van der Waals surface area contributed by atoms with E-state index in [0.29, 0.717) is 13.2 Å². The predicted molar refractivity (Wildman–Crippen MR) is 52.0 cm³/mol. The quantitative estimate of drug-likeness (QED) is 0.669. The van der Waals surface area contributed by atoms with E-state index < -0.39 is 0 Å². The van der Waals surface area contributed by atoms with Crippen molar-refractivity contribution in [2.45, 2.75) is 13.3 Å². The fraction of sp³-hybridized carbons (Fsp3) is 0.364. The average molecular weight is 193 g/mol. The van der Waals surface area contributed by atoms with Gasteiger partial charge in [-0.25, -0.2) is 0 Å². The zero-order valence-electron chi connectivity index (χ0n) is 8.16. The number of rotatable bonds is 5. The molecule has 14 heavy (non-hydrogen) atoms. The number of carbonyl (C=O) groups excluding carboxylic acids is 1. The van der Waals surface area contributed by atoms with Crippen molar-refractivity contribution in [1.29, 1.82) is 0 Å². The van der Waals surface area contributed by atoms with Gasteiger partial charge in [-0.1, -0.05) is 12.1 Å². The molecule has 0 unspecified atom stereocenters. The first-order chi connectivity index (χ1) is 6.83. The summed E-state index contributed by atoms with van der Waals surface area (Å²) < 4.78 is 10.1. The molecule has 0 aliphatic heterocycles. The minimum absolute atomic E-state index is 0.227. The van der Waals surface area contributed by atoms with Gasteiger partial charge in [-0.3, -0.25) is 4.79 Å². The molecule has 0 fully saturated rings. The summed E-state index contributed by atoms with van der Waals surface area (Å²) >= 11 is 0. The van der Waals surface area contributed by atoms with E-state index in [-0.39, 0.29) is 12.4 Å². The van der Waals surface area contributed by atoms with E-state index in [0.717, 1.165) is 5.75 Å². The molecule has 0 aliphatic rings. The molecule has 0 amide bonds. The van der Waals surface area contributed by atoms with Crippen LogP contribution in [0.2, 0.25) is 0 Å². The van der Waals surface area contributed by atoms with Crippen LogP contribution in [-0.2, 0) is 9.53 Å². The van der Waals surface area contributed by atoms with Crippen LogP contribution >= 0.6 is 0 Å². The molecule has 3 nitrogen and oxygen atoms in total. The molecule has 1 aromatic carbocycles. The Morgan fingerprint density at radius 1 is 1.43 bits per heavy atom. The fourth-order valence-electron chi connectivity index (χ4n) is 0.953. The van der Waals surface area contributed by atoms with Crippen molar-refractivity contribution in [3.8, 4) is 5.75 Å². The topological polar surface area (TPSA) is 35.5 Å². The molecule has 0 aliphatic carbocycles. The van der Waals surface area contributed by atoms with E-state index in [1.807, 2.05) is 0 Å². The Bertz CT molecular complexity index is 269. The van der Waals surface area contributed by atoms with Gasteiger partial charge in [0.05, 0.1) is 19.6 Å². The lowest BCUT2D eigenvalue weighted by atomic mass is 10.3. The number of hydrogen-bond donors (Lipinski definition) is 0. The summed E-state index contributed by atoms with van der Waals surface area (Å²) in [5.74, 6) is 0.517. The van der Waals surface area contributed by atoms with Crippen molar-refractivity contribution in [1.82, 2.24) is 0 Å². The van der Waals surface area contributed by atoms with Crippen molar-refractivity contribution in [2.24, 2.45) is 0 Å². The standard InChI is InChI=1S/C11H13O3/c1-2-13-11(12)8-9-14-10-6-4-3-5-7-10/h4-7H,2,8-9H2,1H3. The first kappa shape index (κ1) is 10.6. The maximum absolute atomic E-state index is 10.9. The van der Waals surface area contributed by atoms with Crippen LogP contribution in [0.5, 0.6) is 5.75 Å². The van der Waals surface area contributed by atoms with Gasteiger partial charge in [0, 0.05) is 0 Å². The Kier molecular flexibility index (Phi) is 4.55. The lowest BCUT2D eigenvalue weighted by Crippen LogP contribution is -2.09. The molecule has 0 bridgehead atoms. The van der Waals surface area contributed by atoms with Crippen LogP contribution in [0, 0.1) is 6.07 Å². The van der Waals surface area contributed by atoms with Crippen molar-refractivity contribution < 1.29 is 14.3 Å². The molecule has 0 atom stereocenters. The minimum atomic E-state index is -0.227. The summed E-state index contributed by atoms with van der Waals surface area (Å²) in [4.78, 5) is 10.9. The van der Waals surface area contributed by atoms with Gasteiger partial charge in [-0.05, 0) is 25.1 Å². The van der Waals surface area contributed by atoms with E-state index >= 15 is 0 Å². The molecule has 0 saturated heterocycles. The van der Waals surface area contributed by atoms with Crippen molar-refractivity contribution >= 4 is 5.97 Å². The van der Waals surface area contributed by atoms with Crippen LogP contribution in [0.25, 0.3) is 0 Å². The third-order valence-corrected chi connectivity index (χ3v) is 1.57. The largest absolute Gasteiger partial charge is 0.493 e. The molecule has 1 radical (unpaired) electrons. The third-order valence-electron chi connectivity index (χ3n) is 1.57. The van der Waals surface area contributed by atoms with Crippen molar-refractivity contribution in [3.05, 3.63) is 30.3 Å². The SMILES string of the molecule is CCOC(=O)CCOc1cc[c]cc1. The van der Waals surface area contributed by atoms with Gasteiger partial charge in [0.2, 0.25) is 0 Å². The van der Waals surface area contributed by atoms with Gasteiger partial charge in [-0.2, -0.15) is 0 Å². The Hall–Kier alpha value is -1.51. The van der Waals surface area contributed by atoms with Gasteiger partial charge in [0.1, 0.15) is 5.75 Å². The number of esters is 1. The van der Waals surface area contributed by atoms with E-state index in [9.17, 15) is 4.79 Å². The maximum atomic E-state index is 10.9. The summed E-state index contributed by atoms with van der Waals surface area (Å²) in [7, 11) is 0. The van der Waals surface area contributed by atoms with Crippen LogP contribution < -0.4 is 4.74 Å². The number of carbonyl (C=O) groups is 1. The minimum Gasteiger partial charge on any atom is -0.493 e. The summed E-state index contributed by atoms with van der Waals surface area (Å²) in [6.07, 6.45) is 0.284. The third kappa shape index (κ3) is 3.94. The normalized spacial score (nSPS) is 9.50. The van der Waals surface area contributed by atoms with Crippen LogP contribution in [0.15, 0.2) is 24.3 Å². The van der Waals surface area contributed by atoms with Gasteiger partial charge in [-0.15, -0.1) is 0 Å². The Balaban J connectivity index is 2.19. The molecule has 3 heteroatoms. The second-order valence-corrected chi connectivity index (χ2v) is 2.64. The summed E-state index contributed by atoms with van der Waals surface area (Å²) in [5, 5.41) is 0. The molecule has 0 heterocycles. The monoisotopic (exact) mass is 193 g/mol. The van der Waals surface area contributed by atoms with E-state index in [2.05, 4.69) is 6.07 Å². The Morgan fingerprint density at radius 3 is 2.79 bits per heavy atom. The predicted octanol–water partition coefficient (Wildman–Crippen LogP) is 1.82. The summed E-state index contributed by atoms with van der Waals surface area (Å²) in [6, 6.07) is 10.0. The molecule has 0 aromatic heterocycles. The zero-order valence-corrected chi connectivity index (χ0v) is 8.16. The van der Waals surface area contributed by atoms with Gasteiger partial charge < -0.3 is 9.47 Å². The second-order valence-electron chi connectivity index (χ2n) is 2.64. The zero-order chi connectivity index (χ0) is 10.2. The van der Waals surface area contributed by atoms with Crippen LogP contribution in [-0.4, -0.2) is 19.2 Å². The average Bonchev–Trinajstić information content (AvgIpc) is 2.20. The molecular formula is C11H13O3. The molecular weight excluding hydrogens is 180 g/mol. The number of benzene rings is 1. The van der Waals surface area contributed by atoms with Crippen LogP contribution in [0.4, 0.5) is 0 Å². The van der Waals surface area contributed by atoms with E-state index in [1.54, 1.807) is 31.2 Å². The first-order valence-electron chi connectivity index (χ1n) is 4.57. The highest BCUT2D eigenvalue weighted by atomic mass is 16.5. The van der Waals surface area contributed by atoms with Gasteiger partial charge in [0.25, 0.3) is 0 Å². The molecule has 1 rings (SSSR count). The summed E-state index contributed by atoms with van der Waals surface area (Å²) in [5.41, 5.74) is 0. The first-order valence-corrected chi connectivity index (χ1v) is 4.57. The molecule has 0 spiro atoms. The number of ether oxygens (including phenoxy) is 2. The van der Waals surface area contributed by atoms with Crippen molar-refractivity contribution in [3.63, 3.8) is 0 Å². The van der Waals surface area contributed by atoms with E-state index in [4.69, 9.17) is 9.47 Å². The Labute approximate surface area is 83.6 Å². The van der Waals surface area contributed by atoms with Crippen LogP contribution in [0.1, 0.15) is 13.3 Å². The highest BCUT2D eigenvalue weighted by molar-refractivity contribution is 5.69. The maximum Gasteiger partial charge on any atom is 0.309 e. The van der Waals surface area contributed by atoms with Crippen molar-refractivity contribution in [2.75, 3.05) is 13.2 Å². The van der Waals surface area contributed by atoms with Crippen LogP contribution in [0.3, 0.4) is 0 Å². The molecule has 0 N–H and O–H groups in total. The highest BCUT2D eigenvalue weighted by Gasteiger charge is 2.01.